The number of aryl methyl sites for hydroxylation is 1. The van der Waals surface area contributed by atoms with Crippen molar-refractivity contribution in [2.24, 2.45) is 0 Å². The van der Waals surface area contributed by atoms with Crippen LogP contribution in [0.1, 0.15) is 24.1 Å². The van der Waals surface area contributed by atoms with Crippen LogP contribution in [-0.4, -0.2) is 24.0 Å². The largest absolute Gasteiger partial charge is 0.508 e. The van der Waals surface area contributed by atoms with Crippen LogP contribution < -0.4 is 15.4 Å². The van der Waals surface area contributed by atoms with Gasteiger partial charge < -0.3 is 20.5 Å². The van der Waals surface area contributed by atoms with Crippen molar-refractivity contribution < 1.29 is 23.8 Å². The molecule has 3 N–H and O–H groups in total. The van der Waals surface area contributed by atoms with Gasteiger partial charge in [0.2, 0.25) is 0 Å². The topological polar surface area (TPSA) is 87.7 Å². The zero-order chi connectivity index (χ0) is 18.6. The number of hydrogen-bond donors (Lipinski definition) is 3. The van der Waals surface area contributed by atoms with E-state index in [9.17, 15) is 19.1 Å². The Labute approximate surface area is 144 Å². The standard InChI is InChI=1S/C18H19FN2O4/c1-10-4-6-14(19)15(8-10)21-18(24)17(23)20-11(2)13-9-12(25-3)5-7-16(13)22/h4-9,11,22H,1-3H3,(H,20,23)(H,21,24)/t11-/m1/s1. The van der Waals surface area contributed by atoms with Crippen molar-refractivity contribution in [3.63, 3.8) is 0 Å². The summed E-state index contributed by atoms with van der Waals surface area (Å²) in [7, 11) is 1.48. The minimum Gasteiger partial charge on any atom is -0.508 e. The average Bonchev–Trinajstić information content (AvgIpc) is 2.58. The van der Waals surface area contributed by atoms with Crippen LogP contribution in [0, 0.1) is 12.7 Å². The number of phenols is 1. The first-order valence-corrected chi connectivity index (χ1v) is 7.56. The molecule has 2 rings (SSSR count). The summed E-state index contributed by atoms with van der Waals surface area (Å²) >= 11 is 0. The molecule has 25 heavy (non-hydrogen) atoms. The number of methoxy groups -OCH3 is 1. The van der Waals surface area contributed by atoms with Crippen LogP contribution in [-0.2, 0) is 9.59 Å². The lowest BCUT2D eigenvalue weighted by Gasteiger charge is -2.16. The predicted octanol–water partition coefficient (Wildman–Crippen LogP) is 2.66. The Hall–Kier alpha value is -3.09. The maximum atomic E-state index is 13.7. The van der Waals surface area contributed by atoms with Crippen molar-refractivity contribution in [3.8, 4) is 11.5 Å². The Kier molecular flexibility index (Phi) is 5.59. The third-order valence-corrected chi connectivity index (χ3v) is 3.63. The molecule has 6 nitrogen and oxygen atoms in total. The van der Waals surface area contributed by atoms with Crippen molar-refractivity contribution in [1.29, 1.82) is 0 Å². The first-order valence-electron chi connectivity index (χ1n) is 7.56. The summed E-state index contributed by atoms with van der Waals surface area (Å²) in [5, 5.41) is 14.6. The van der Waals surface area contributed by atoms with Crippen LogP contribution in [0.5, 0.6) is 11.5 Å². The van der Waals surface area contributed by atoms with E-state index in [1.807, 2.05) is 0 Å². The van der Waals surface area contributed by atoms with Crippen LogP contribution >= 0.6 is 0 Å². The minimum atomic E-state index is -1.00. The molecule has 0 aliphatic rings. The molecule has 1 atom stereocenters. The van der Waals surface area contributed by atoms with Crippen LogP contribution in [0.4, 0.5) is 10.1 Å². The number of nitrogens with one attached hydrogen (secondary N) is 2. The molecule has 2 aromatic carbocycles. The number of anilines is 1. The molecule has 0 aliphatic heterocycles. The highest BCUT2D eigenvalue weighted by Gasteiger charge is 2.20. The molecular weight excluding hydrogens is 327 g/mol. The van der Waals surface area contributed by atoms with E-state index >= 15 is 0 Å². The van der Waals surface area contributed by atoms with E-state index in [1.165, 1.54) is 25.3 Å². The van der Waals surface area contributed by atoms with Crippen LogP contribution in [0.15, 0.2) is 36.4 Å². The van der Waals surface area contributed by atoms with Crippen molar-refractivity contribution in [3.05, 3.63) is 53.3 Å². The van der Waals surface area contributed by atoms with Gasteiger partial charge in [0.25, 0.3) is 0 Å². The van der Waals surface area contributed by atoms with Gasteiger partial charge in [-0.25, -0.2) is 4.39 Å². The van der Waals surface area contributed by atoms with Crippen LogP contribution in [0.2, 0.25) is 0 Å². The number of benzene rings is 2. The lowest BCUT2D eigenvalue weighted by Crippen LogP contribution is -2.37. The Bertz CT molecular complexity index is 808. The summed E-state index contributed by atoms with van der Waals surface area (Å²) in [4.78, 5) is 24.0. The molecule has 132 valence electrons. The van der Waals surface area contributed by atoms with Crippen molar-refractivity contribution in [2.75, 3.05) is 12.4 Å². The molecule has 0 saturated carbocycles. The predicted molar refractivity (Wildman–Crippen MR) is 91.0 cm³/mol. The number of ether oxygens (including phenoxy) is 1. The number of phenolic OH excluding ortho intramolecular Hbond substituents is 1. The van der Waals surface area contributed by atoms with Gasteiger partial charge in [0.1, 0.15) is 17.3 Å². The number of rotatable bonds is 4. The van der Waals surface area contributed by atoms with Crippen molar-refractivity contribution in [1.82, 2.24) is 5.32 Å². The molecular formula is C18H19FN2O4. The molecule has 0 aromatic heterocycles. The first-order chi connectivity index (χ1) is 11.8. The van der Waals surface area contributed by atoms with E-state index in [-0.39, 0.29) is 11.4 Å². The molecule has 0 bridgehead atoms. The van der Waals surface area contributed by atoms with Gasteiger partial charge in [0.15, 0.2) is 0 Å². The van der Waals surface area contributed by atoms with Crippen molar-refractivity contribution in [2.45, 2.75) is 19.9 Å². The minimum absolute atomic E-state index is 0.0428. The normalized spacial score (nSPS) is 11.5. The maximum Gasteiger partial charge on any atom is 0.313 e. The summed E-state index contributed by atoms with van der Waals surface area (Å²) in [5.41, 5.74) is 1.06. The Morgan fingerprint density at radius 3 is 2.56 bits per heavy atom. The highest BCUT2D eigenvalue weighted by atomic mass is 19.1. The number of carbonyl (C=O) groups excluding carboxylic acids is 2. The Morgan fingerprint density at radius 1 is 1.16 bits per heavy atom. The van der Waals surface area contributed by atoms with E-state index in [2.05, 4.69) is 10.6 Å². The van der Waals surface area contributed by atoms with E-state index in [1.54, 1.807) is 32.0 Å². The second-order valence-electron chi connectivity index (χ2n) is 5.56. The van der Waals surface area contributed by atoms with E-state index in [4.69, 9.17) is 4.74 Å². The first kappa shape index (κ1) is 18.3. The number of halogens is 1. The lowest BCUT2D eigenvalue weighted by molar-refractivity contribution is -0.136. The molecule has 7 heteroatoms. The van der Waals surface area contributed by atoms with Gasteiger partial charge in [-0.05, 0) is 49.7 Å². The van der Waals surface area contributed by atoms with Gasteiger partial charge in [-0.2, -0.15) is 0 Å². The fraction of sp³-hybridized carbons (Fsp3) is 0.222. The molecule has 0 unspecified atom stereocenters. The Balaban J connectivity index is 2.08. The smallest absolute Gasteiger partial charge is 0.313 e. The third kappa shape index (κ3) is 4.47. The van der Waals surface area contributed by atoms with Gasteiger partial charge in [-0.3, -0.25) is 9.59 Å². The van der Waals surface area contributed by atoms with E-state index in [0.717, 1.165) is 5.56 Å². The second kappa shape index (κ2) is 7.65. The zero-order valence-corrected chi connectivity index (χ0v) is 14.1. The van der Waals surface area contributed by atoms with Crippen LogP contribution in [0.3, 0.4) is 0 Å². The van der Waals surface area contributed by atoms with E-state index in [0.29, 0.717) is 11.3 Å². The van der Waals surface area contributed by atoms with Crippen molar-refractivity contribution >= 4 is 17.5 Å². The van der Waals surface area contributed by atoms with Gasteiger partial charge in [-0.1, -0.05) is 6.07 Å². The van der Waals surface area contributed by atoms with Gasteiger partial charge in [0, 0.05) is 5.56 Å². The van der Waals surface area contributed by atoms with Gasteiger partial charge in [0.05, 0.1) is 18.8 Å². The van der Waals surface area contributed by atoms with E-state index < -0.39 is 23.7 Å². The van der Waals surface area contributed by atoms with Gasteiger partial charge in [-0.15, -0.1) is 0 Å². The van der Waals surface area contributed by atoms with Crippen LogP contribution in [0.25, 0.3) is 0 Å². The molecule has 0 spiro atoms. The summed E-state index contributed by atoms with van der Waals surface area (Å²) < 4.78 is 18.7. The zero-order valence-electron chi connectivity index (χ0n) is 14.1. The Morgan fingerprint density at radius 2 is 1.88 bits per heavy atom. The van der Waals surface area contributed by atoms with Gasteiger partial charge >= 0.3 is 11.8 Å². The highest BCUT2D eigenvalue weighted by Crippen LogP contribution is 2.28. The lowest BCUT2D eigenvalue weighted by atomic mass is 10.1. The number of aromatic hydroxyl groups is 1. The average molecular weight is 346 g/mol. The monoisotopic (exact) mass is 346 g/mol. The second-order valence-corrected chi connectivity index (χ2v) is 5.56. The molecule has 2 amide bonds. The summed E-state index contributed by atoms with van der Waals surface area (Å²) in [6.07, 6.45) is 0. The summed E-state index contributed by atoms with van der Waals surface area (Å²) in [6.45, 7) is 3.34. The summed E-state index contributed by atoms with van der Waals surface area (Å²) in [6, 6.07) is 8.09. The highest BCUT2D eigenvalue weighted by molar-refractivity contribution is 6.39. The fourth-order valence-electron chi connectivity index (χ4n) is 2.26. The number of amides is 2. The number of carbonyl (C=O) groups is 2. The summed E-state index contributed by atoms with van der Waals surface area (Å²) in [5.74, 6) is -2.13. The molecule has 0 radical (unpaired) electrons. The molecule has 0 heterocycles. The SMILES string of the molecule is COc1ccc(O)c([C@@H](C)NC(=O)C(=O)Nc2cc(C)ccc2F)c1. The molecule has 0 fully saturated rings. The molecule has 0 saturated heterocycles. The maximum absolute atomic E-state index is 13.7. The molecule has 2 aromatic rings. The third-order valence-electron chi connectivity index (χ3n) is 3.63. The quantitative estimate of drug-likeness (QED) is 0.743. The fourth-order valence-corrected chi connectivity index (χ4v) is 2.26. The molecule has 0 aliphatic carbocycles. The number of hydrogen-bond acceptors (Lipinski definition) is 4.